The maximum absolute atomic E-state index is 5.62. The average Bonchev–Trinajstić information content (AvgIpc) is 2.60. The highest BCUT2D eigenvalue weighted by atomic mass is 16.5. The SMILES string of the molecule is CCCCNC(=NCc1cccc(CN2CCOC(C)C2)c1)NCC. The lowest BCUT2D eigenvalue weighted by molar-refractivity contribution is -0.0212. The van der Waals surface area contributed by atoms with Gasteiger partial charge in [0.05, 0.1) is 19.3 Å². The smallest absolute Gasteiger partial charge is 0.191 e. The molecular weight excluding hydrogens is 312 g/mol. The van der Waals surface area contributed by atoms with E-state index in [-0.39, 0.29) is 0 Å². The molecular formula is C20H34N4O. The standard InChI is InChI=1S/C20H34N4O/c1-4-6-10-22-20(21-5-2)23-14-18-8-7-9-19(13-18)16-24-11-12-25-17(3)15-24/h7-9,13,17H,4-6,10-12,14-16H2,1-3H3,(H2,21,22,23). The first-order valence-electron chi connectivity index (χ1n) is 9.65. The van der Waals surface area contributed by atoms with Crippen LogP contribution in [0.1, 0.15) is 44.7 Å². The lowest BCUT2D eigenvalue weighted by Gasteiger charge is -2.31. The molecule has 0 aliphatic carbocycles. The number of morpholine rings is 1. The quantitative estimate of drug-likeness (QED) is 0.432. The van der Waals surface area contributed by atoms with Gasteiger partial charge in [0.25, 0.3) is 0 Å². The molecule has 1 aromatic carbocycles. The summed E-state index contributed by atoms with van der Waals surface area (Å²) in [6.45, 7) is 12.8. The number of unbranched alkanes of at least 4 members (excludes halogenated alkanes) is 1. The Kier molecular flexibility index (Phi) is 8.77. The number of nitrogens with zero attached hydrogens (tertiary/aromatic N) is 2. The van der Waals surface area contributed by atoms with E-state index in [1.807, 2.05) is 0 Å². The fourth-order valence-corrected chi connectivity index (χ4v) is 3.01. The summed E-state index contributed by atoms with van der Waals surface area (Å²) in [4.78, 5) is 7.18. The molecule has 1 heterocycles. The van der Waals surface area contributed by atoms with Crippen molar-refractivity contribution in [3.05, 3.63) is 35.4 Å². The summed E-state index contributed by atoms with van der Waals surface area (Å²) < 4.78 is 5.62. The average molecular weight is 347 g/mol. The number of hydrogen-bond acceptors (Lipinski definition) is 3. The molecule has 0 saturated carbocycles. The second-order valence-corrected chi connectivity index (χ2v) is 6.71. The van der Waals surface area contributed by atoms with Crippen LogP contribution in [0.4, 0.5) is 0 Å². The molecule has 1 aliphatic heterocycles. The van der Waals surface area contributed by atoms with Gasteiger partial charge in [-0.1, -0.05) is 37.6 Å². The van der Waals surface area contributed by atoms with Gasteiger partial charge in [0, 0.05) is 32.7 Å². The number of aliphatic imine (C=N–C) groups is 1. The molecule has 5 nitrogen and oxygen atoms in total. The summed E-state index contributed by atoms with van der Waals surface area (Å²) in [6.07, 6.45) is 2.69. The summed E-state index contributed by atoms with van der Waals surface area (Å²) in [5.74, 6) is 0.906. The third-order valence-electron chi connectivity index (χ3n) is 4.31. The molecule has 25 heavy (non-hydrogen) atoms. The summed E-state index contributed by atoms with van der Waals surface area (Å²) in [6, 6.07) is 8.78. The maximum atomic E-state index is 5.62. The number of nitrogens with one attached hydrogen (secondary N) is 2. The summed E-state index contributed by atoms with van der Waals surface area (Å²) in [5.41, 5.74) is 2.61. The zero-order chi connectivity index (χ0) is 17.9. The highest BCUT2D eigenvalue weighted by molar-refractivity contribution is 5.79. The molecule has 0 radical (unpaired) electrons. The Morgan fingerprint density at radius 2 is 2.12 bits per heavy atom. The van der Waals surface area contributed by atoms with Crippen molar-refractivity contribution in [1.82, 2.24) is 15.5 Å². The minimum absolute atomic E-state index is 0.332. The molecule has 0 spiro atoms. The number of ether oxygens (including phenoxy) is 1. The van der Waals surface area contributed by atoms with E-state index in [0.29, 0.717) is 12.6 Å². The largest absolute Gasteiger partial charge is 0.376 e. The van der Waals surface area contributed by atoms with Crippen LogP contribution in [-0.2, 0) is 17.8 Å². The van der Waals surface area contributed by atoms with Gasteiger partial charge in [-0.2, -0.15) is 0 Å². The van der Waals surface area contributed by atoms with Gasteiger partial charge in [0.2, 0.25) is 0 Å². The van der Waals surface area contributed by atoms with Crippen LogP contribution < -0.4 is 10.6 Å². The molecule has 5 heteroatoms. The summed E-state index contributed by atoms with van der Waals surface area (Å²) in [5, 5.41) is 6.71. The molecule has 1 fully saturated rings. The van der Waals surface area contributed by atoms with Crippen molar-refractivity contribution >= 4 is 5.96 Å². The summed E-state index contributed by atoms with van der Waals surface area (Å²) >= 11 is 0. The number of hydrogen-bond donors (Lipinski definition) is 2. The van der Waals surface area contributed by atoms with Gasteiger partial charge >= 0.3 is 0 Å². The van der Waals surface area contributed by atoms with Crippen LogP contribution in [-0.4, -0.2) is 49.7 Å². The van der Waals surface area contributed by atoms with E-state index < -0.39 is 0 Å². The van der Waals surface area contributed by atoms with E-state index in [0.717, 1.165) is 51.7 Å². The monoisotopic (exact) mass is 346 g/mol. The van der Waals surface area contributed by atoms with Crippen molar-refractivity contribution in [3.8, 4) is 0 Å². The lowest BCUT2D eigenvalue weighted by atomic mass is 10.1. The normalized spacial score (nSPS) is 19.0. The highest BCUT2D eigenvalue weighted by Gasteiger charge is 2.16. The Balaban J connectivity index is 1.91. The van der Waals surface area contributed by atoms with Crippen molar-refractivity contribution < 1.29 is 4.74 Å². The van der Waals surface area contributed by atoms with E-state index in [1.54, 1.807) is 0 Å². The number of rotatable bonds is 8. The Morgan fingerprint density at radius 1 is 1.28 bits per heavy atom. The first-order valence-corrected chi connectivity index (χ1v) is 9.65. The highest BCUT2D eigenvalue weighted by Crippen LogP contribution is 2.12. The van der Waals surface area contributed by atoms with Crippen molar-refractivity contribution in [2.24, 2.45) is 4.99 Å². The molecule has 0 amide bonds. The minimum Gasteiger partial charge on any atom is -0.376 e. The second kappa shape index (κ2) is 11.1. The number of benzene rings is 1. The van der Waals surface area contributed by atoms with E-state index in [4.69, 9.17) is 9.73 Å². The zero-order valence-corrected chi connectivity index (χ0v) is 16.1. The Labute approximate surface area is 152 Å². The summed E-state index contributed by atoms with van der Waals surface area (Å²) in [7, 11) is 0. The molecule has 1 aromatic rings. The maximum Gasteiger partial charge on any atom is 0.191 e. The topological polar surface area (TPSA) is 48.9 Å². The van der Waals surface area contributed by atoms with Crippen molar-refractivity contribution in [2.75, 3.05) is 32.8 Å². The van der Waals surface area contributed by atoms with Crippen molar-refractivity contribution in [3.63, 3.8) is 0 Å². The molecule has 140 valence electrons. The van der Waals surface area contributed by atoms with Crippen molar-refractivity contribution in [2.45, 2.75) is 52.8 Å². The van der Waals surface area contributed by atoms with E-state index >= 15 is 0 Å². The van der Waals surface area contributed by atoms with Crippen LogP contribution in [0.2, 0.25) is 0 Å². The van der Waals surface area contributed by atoms with Gasteiger partial charge < -0.3 is 15.4 Å². The van der Waals surface area contributed by atoms with Gasteiger partial charge in [-0.15, -0.1) is 0 Å². The van der Waals surface area contributed by atoms with Crippen molar-refractivity contribution in [1.29, 1.82) is 0 Å². The second-order valence-electron chi connectivity index (χ2n) is 6.71. The fourth-order valence-electron chi connectivity index (χ4n) is 3.01. The Hall–Kier alpha value is -1.59. The van der Waals surface area contributed by atoms with Crippen LogP contribution in [0.25, 0.3) is 0 Å². The van der Waals surface area contributed by atoms with Gasteiger partial charge in [-0.05, 0) is 31.4 Å². The third-order valence-corrected chi connectivity index (χ3v) is 4.31. The van der Waals surface area contributed by atoms with Gasteiger partial charge in [-0.3, -0.25) is 4.90 Å². The Morgan fingerprint density at radius 3 is 2.88 bits per heavy atom. The van der Waals surface area contributed by atoms with Gasteiger partial charge in [0.1, 0.15) is 0 Å². The molecule has 1 aliphatic rings. The molecule has 0 bridgehead atoms. The van der Waals surface area contributed by atoms with Crippen LogP contribution in [0, 0.1) is 0 Å². The molecule has 1 atom stereocenters. The third kappa shape index (κ3) is 7.45. The minimum atomic E-state index is 0.332. The fraction of sp³-hybridized carbons (Fsp3) is 0.650. The van der Waals surface area contributed by atoms with E-state index in [9.17, 15) is 0 Å². The van der Waals surface area contributed by atoms with Crippen LogP contribution in [0.5, 0.6) is 0 Å². The number of guanidine groups is 1. The Bertz CT molecular complexity index is 532. The zero-order valence-electron chi connectivity index (χ0n) is 16.1. The molecule has 1 saturated heterocycles. The predicted molar refractivity (Wildman–Crippen MR) is 105 cm³/mol. The predicted octanol–water partition coefficient (Wildman–Crippen LogP) is 2.76. The lowest BCUT2D eigenvalue weighted by Crippen LogP contribution is -2.40. The van der Waals surface area contributed by atoms with Crippen LogP contribution >= 0.6 is 0 Å². The molecule has 2 N–H and O–H groups in total. The first-order chi connectivity index (χ1) is 12.2. The van der Waals surface area contributed by atoms with E-state index in [2.05, 4.69) is 60.6 Å². The molecule has 1 unspecified atom stereocenters. The van der Waals surface area contributed by atoms with Crippen LogP contribution in [0.15, 0.2) is 29.3 Å². The van der Waals surface area contributed by atoms with E-state index in [1.165, 1.54) is 17.5 Å². The van der Waals surface area contributed by atoms with Gasteiger partial charge in [-0.25, -0.2) is 4.99 Å². The molecule has 2 rings (SSSR count). The van der Waals surface area contributed by atoms with Crippen LogP contribution in [0.3, 0.4) is 0 Å². The molecule has 0 aromatic heterocycles. The van der Waals surface area contributed by atoms with Gasteiger partial charge in [0.15, 0.2) is 5.96 Å². The first kappa shape index (κ1) is 19.7.